The number of piperazine rings is 1. The van der Waals surface area contributed by atoms with Crippen molar-refractivity contribution in [2.75, 3.05) is 39.9 Å². The maximum absolute atomic E-state index is 13.0. The van der Waals surface area contributed by atoms with Gasteiger partial charge in [-0.15, -0.1) is 0 Å². The zero-order valence-electron chi connectivity index (χ0n) is 17.7. The zero-order chi connectivity index (χ0) is 24.2. The molecule has 1 fully saturated rings. The van der Waals surface area contributed by atoms with Crippen LogP contribution in [0.1, 0.15) is 15.9 Å². The van der Waals surface area contributed by atoms with Crippen LogP contribution < -0.4 is 15.2 Å². The van der Waals surface area contributed by atoms with Crippen LogP contribution in [0.25, 0.3) is 0 Å². The van der Waals surface area contributed by atoms with Crippen molar-refractivity contribution in [1.29, 1.82) is 5.26 Å². The van der Waals surface area contributed by atoms with E-state index in [9.17, 15) is 18.0 Å². The van der Waals surface area contributed by atoms with E-state index in [0.717, 1.165) is 0 Å². The van der Waals surface area contributed by atoms with E-state index in [4.69, 9.17) is 32.1 Å². The summed E-state index contributed by atoms with van der Waals surface area (Å²) in [4.78, 5) is 25.6. The predicted octanol–water partition coefficient (Wildman–Crippen LogP) is 1.23. The van der Waals surface area contributed by atoms with Crippen LogP contribution in [0.4, 0.5) is 0 Å². The van der Waals surface area contributed by atoms with Gasteiger partial charge in [-0.2, -0.15) is 9.57 Å². The van der Waals surface area contributed by atoms with Gasteiger partial charge < -0.3 is 20.1 Å². The Morgan fingerprint density at radius 2 is 1.79 bits per heavy atom. The van der Waals surface area contributed by atoms with E-state index >= 15 is 0 Å². The molecule has 2 aromatic rings. The monoisotopic (exact) mass is 492 g/mol. The predicted molar refractivity (Wildman–Crippen MR) is 119 cm³/mol. The van der Waals surface area contributed by atoms with Gasteiger partial charge in [-0.05, 0) is 36.4 Å². The van der Waals surface area contributed by atoms with E-state index in [-0.39, 0.29) is 59.1 Å². The molecule has 1 aliphatic rings. The third-order valence-electron chi connectivity index (χ3n) is 4.98. The van der Waals surface area contributed by atoms with Gasteiger partial charge in [0.1, 0.15) is 0 Å². The summed E-state index contributed by atoms with van der Waals surface area (Å²) in [7, 11) is -2.38. The number of benzene rings is 2. The van der Waals surface area contributed by atoms with Crippen molar-refractivity contribution in [3.8, 4) is 17.6 Å². The SMILES string of the molecule is COc1cc(C(=O)N2CCN(S(=O)(=O)c3ccc(C#N)cc3)CC2)cc(Cl)c1OCC(N)=O. The average molecular weight is 493 g/mol. The minimum atomic E-state index is -3.75. The summed E-state index contributed by atoms with van der Waals surface area (Å²) < 4.78 is 37.5. The Balaban J connectivity index is 1.71. The second kappa shape index (κ2) is 10.1. The molecule has 0 radical (unpaired) electrons. The molecule has 2 aromatic carbocycles. The van der Waals surface area contributed by atoms with Gasteiger partial charge in [0.25, 0.3) is 11.8 Å². The highest BCUT2D eigenvalue weighted by Crippen LogP contribution is 2.36. The van der Waals surface area contributed by atoms with Crippen LogP contribution in [0.15, 0.2) is 41.3 Å². The number of carbonyl (C=O) groups excluding carboxylic acids is 2. The lowest BCUT2D eigenvalue weighted by atomic mass is 10.1. The Morgan fingerprint density at radius 1 is 1.15 bits per heavy atom. The summed E-state index contributed by atoms with van der Waals surface area (Å²) >= 11 is 6.22. The zero-order valence-corrected chi connectivity index (χ0v) is 19.2. The molecule has 2 N–H and O–H groups in total. The number of sulfonamides is 1. The molecule has 1 heterocycles. The first-order chi connectivity index (χ1) is 15.7. The molecule has 3 rings (SSSR count). The molecule has 33 heavy (non-hydrogen) atoms. The number of nitrogens with zero attached hydrogens (tertiary/aromatic N) is 3. The number of rotatable bonds is 7. The Morgan fingerprint density at radius 3 is 2.33 bits per heavy atom. The molecule has 0 atom stereocenters. The van der Waals surface area contributed by atoms with Crippen molar-refractivity contribution in [2.24, 2.45) is 5.73 Å². The number of halogens is 1. The fourth-order valence-electron chi connectivity index (χ4n) is 3.29. The van der Waals surface area contributed by atoms with Crippen LogP contribution >= 0.6 is 11.6 Å². The molecule has 0 spiro atoms. The number of nitriles is 1. The van der Waals surface area contributed by atoms with E-state index in [1.165, 1.54) is 52.7 Å². The highest BCUT2D eigenvalue weighted by molar-refractivity contribution is 7.89. The largest absolute Gasteiger partial charge is 0.493 e. The second-order valence-electron chi connectivity index (χ2n) is 7.08. The average Bonchev–Trinajstić information content (AvgIpc) is 2.82. The molecule has 1 saturated heterocycles. The first-order valence-corrected chi connectivity index (χ1v) is 11.6. The van der Waals surface area contributed by atoms with Gasteiger partial charge in [0, 0.05) is 31.7 Å². The normalized spacial score (nSPS) is 14.4. The quantitative estimate of drug-likeness (QED) is 0.612. The van der Waals surface area contributed by atoms with Gasteiger partial charge in [-0.1, -0.05) is 11.6 Å². The van der Waals surface area contributed by atoms with Gasteiger partial charge in [0.2, 0.25) is 10.0 Å². The number of methoxy groups -OCH3 is 1. The van der Waals surface area contributed by atoms with E-state index in [0.29, 0.717) is 5.56 Å². The molecule has 174 valence electrons. The fourth-order valence-corrected chi connectivity index (χ4v) is 4.98. The molecule has 2 amide bonds. The summed E-state index contributed by atoms with van der Waals surface area (Å²) in [6.45, 7) is 0.166. The van der Waals surface area contributed by atoms with Crippen LogP contribution in [0.5, 0.6) is 11.5 Å². The number of carbonyl (C=O) groups is 2. The summed E-state index contributed by atoms with van der Waals surface area (Å²) in [5.41, 5.74) is 5.67. The third-order valence-corrected chi connectivity index (χ3v) is 7.18. The number of primary amides is 1. The smallest absolute Gasteiger partial charge is 0.255 e. The fraction of sp³-hybridized carbons (Fsp3) is 0.286. The summed E-state index contributed by atoms with van der Waals surface area (Å²) in [5, 5.41) is 8.95. The van der Waals surface area contributed by atoms with Gasteiger partial charge >= 0.3 is 0 Å². The second-order valence-corrected chi connectivity index (χ2v) is 9.42. The summed E-state index contributed by atoms with van der Waals surface area (Å²) in [5.74, 6) is -0.795. The van der Waals surface area contributed by atoms with Crippen molar-refractivity contribution < 1.29 is 27.5 Å². The standard InChI is InChI=1S/C21H21ClN4O6S/c1-31-18-11-15(10-17(22)20(18)32-13-19(24)27)21(28)25-6-8-26(9-7-25)33(29,30)16-4-2-14(12-23)3-5-16/h2-5,10-11H,6-9,13H2,1H3,(H2,24,27). The topological polar surface area (TPSA) is 143 Å². The van der Waals surface area contributed by atoms with Crippen LogP contribution in [0, 0.1) is 11.3 Å². The van der Waals surface area contributed by atoms with Crippen LogP contribution in [0.2, 0.25) is 5.02 Å². The molecule has 12 heteroatoms. The molecule has 0 bridgehead atoms. The number of hydrogen-bond donors (Lipinski definition) is 1. The molecule has 10 nitrogen and oxygen atoms in total. The molecular formula is C21H21ClN4O6S. The highest BCUT2D eigenvalue weighted by Gasteiger charge is 2.31. The lowest BCUT2D eigenvalue weighted by molar-refractivity contribution is -0.119. The van der Waals surface area contributed by atoms with Crippen LogP contribution in [0.3, 0.4) is 0 Å². The molecule has 0 saturated carbocycles. The minimum absolute atomic E-state index is 0.0704. The lowest BCUT2D eigenvalue weighted by Crippen LogP contribution is -2.50. The van der Waals surface area contributed by atoms with E-state index < -0.39 is 22.5 Å². The summed E-state index contributed by atoms with van der Waals surface area (Å²) in [6, 6.07) is 10.4. The van der Waals surface area contributed by atoms with Crippen molar-refractivity contribution in [2.45, 2.75) is 4.90 Å². The highest BCUT2D eigenvalue weighted by atomic mass is 35.5. The first kappa shape index (κ1) is 24.3. The Hall–Kier alpha value is -3.33. The number of ether oxygens (including phenoxy) is 2. The first-order valence-electron chi connectivity index (χ1n) is 9.75. The number of nitrogens with two attached hydrogens (primary N) is 1. The molecule has 1 aliphatic heterocycles. The Bertz CT molecular complexity index is 1200. The van der Waals surface area contributed by atoms with E-state index in [2.05, 4.69) is 0 Å². The van der Waals surface area contributed by atoms with Crippen molar-refractivity contribution in [1.82, 2.24) is 9.21 Å². The Labute approximate surface area is 196 Å². The minimum Gasteiger partial charge on any atom is -0.493 e. The van der Waals surface area contributed by atoms with Gasteiger partial charge in [-0.25, -0.2) is 8.42 Å². The maximum atomic E-state index is 13.0. The third kappa shape index (κ3) is 5.36. The molecule has 0 aromatic heterocycles. The van der Waals surface area contributed by atoms with Crippen LogP contribution in [-0.2, 0) is 14.8 Å². The number of hydrogen-bond acceptors (Lipinski definition) is 7. The van der Waals surface area contributed by atoms with E-state index in [1.54, 1.807) is 0 Å². The van der Waals surface area contributed by atoms with Gasteiger partial charge in [-0.3, -0.25) is 9.59 Å². The van der Waals surface area contributed by atoms with Crippen molar-refractivity contribution >= 4 is 33.4 Å². The van der Waals surface area contributed by atoms with Crippen molar-refractivity contribution in [3.63, 3.8) is 0 Å². The van der Waals surface area contributed by atoms with E-state index in [1.807, 2.05) is 6.07 Å². The van der Waals surface area contributed by atoms with Gasteiger partial charge in [0.15, 0.2) is 18.1 Å². The maximum Gasteiger partial charge on any atom is 0.255 e. The number of amides is 2. The molecular weight excluding hydrogens is 472 g/mol. The van der Waals surface area contributed by atoms with Crippen molar-refractivity contribution in [3.05, 3.63) is 52.5 Å². The van der Waals surface area contributed by atoms with Gasteiger partial charge in [0.05, 0.1) is 28.7 Å². The van der Waals surface area contributed by atoms with Crippen LogP contribution in [-0.4, -0.2) is 69.3 Å². The lowest BCUT2D eigenvalue weighted by Gasteiger charge is -2.34. The summed E-state index contributed by atoms with van der Waals surface area (Å²) in [6.07, 6.45) is 0. The molecule has 0 aliphatic carbocycles. The molecule has 0 unspecified atom stereocenters. The Kier molecular flexibility index (Phi) is 7.43.